The molecule has 126 valence electrons. The molecule has 0 bridgehead atoms. The number of rotatable bonds is 3. The van der Waals surface area contributed by atoms with Crippen LogP contribution in [0.25, 0.3) is 0 Å². The van der Waals surface area contributed by atoms with E-state index in [0.29, 0.717) is 11.6 Å². The van der Waals surface area contributed by atoms with Crippen molar-refractivity contribution in [3.05, 3.63) is 23.9 Å². The van der Waals surface area contributed by atoms with Crippen LogP contribution in [0.3, 0.4) is 0 Å². The molecule has 0 saturated carbocycles. The maximum Gasteiger partial charge on any atom is 0.410 e. The van der Waals surface area contributed by atoms with Gasteiger partial charge in [-0.3, -0.25) is 4.79 Å². The zero-order chi connectivity index (χ0) is 17.2. The minimum atomic E-state index is -0.953. The third-order valence-electron chi connectivity index (χ3n) is 3.62. The van der Waals surface area contributed by atoms with E-state index in [9.17, 15) is 14.7 Å². The average molecular weight is 322 g/mol. The van der Waals surface area contributed by atoms with Gasteiger partial charge in [0.25, 0.3) is 0 Å². The van der Waals surface area contributed by atoms with E-state index < -0.39 is 29.5 Å². The van der Waals surface area contributed by atoms with Gasteiger partial charge in [-0.25, -0.2) is 9.78 Å². The zero-order valence-electron chi connectivity index (χ0n) is 13.8. The monoisotopic (exact) mass is 322 g/mol. The lowest BCUT2D eigenvalue weighted by Gasteiger charge is -2.24. The van der Waals surface area contributed by atoms with Crippen molar-refractivity contribution in [1.82, 2.24) is 9.88 Å². The summed E-state index contributed by atoms with van der Waals surface area (Å²) in [4.78, 5) is 29.5. The van der Waals surface area contributed by atoms with Crippen LogP contribution < -0.4 is 4.74 Å². The fourth-order valence-electron chi connectivity index (χ4n) is 2.58. The lowest BCUT2D eigenvalue weighted by molar-refractivity contribution is -0.141. The lowest BCUT2D eigenvalue weighted by Crippen LogP contribution is -2.35. The molecule has 1 aromatic rings. The highest BCUT2D eigenvalue weighted by atomic mass is 16.6. The predicted octanol–water partition coefficient (Wildman–Crippen LogP) is 2.13. The molecule has 1 aromatic heterocycles. The number of pyridine rings is 1. The van der Waals surface area contributed by atoms with Crippen molar-refractivity contribution in [3.8, 4) is 5.88 Å². The van der Waals surface area contributed by atoms with Gasteiger partial charge in [0.15, 0.2) is 0 Å². The maximum atomic E-state index is 12.2. The van der Waals surface area contributed by atoms with E-state index in [4.69, 9.17) is 9.47 Å². The highest BCUT2D eigenvalue weighted by Gasteiger charge is 2.42. The third kappa shape index (κ3) is 4.12. The van der Waals surface area contributed by atoms with Crippen molar-refractivity contribution in [3.63, 3.8) is 0 Å². The van der Waals surface area contributed by atoms with Crippen LogP contribution in [0.15, 0.2) is 18.2 Å². The summed E-state index contributed by atoms with van der Waals surface area (Å²) in [5.41, 5.74) is -0.0231. The van der Waals surface area contributed by atoms with Crippen LogP contribution in [0.2, 0.25) is 0 Å². The number of hydrogen-bond donors (Lipinski definition) is 1. The molecule has 1 amide bonds. The van der Waals surface area contributed by atoms with Gasteiger partial charge < -0.3 is 19.5 Å². The largest absolute Gasteiger partial charge is 0.481 e. The van der Waals surface area contributed by atoms with Gasteiger partial charge in [-0.2, -0.15) is 0 Å². The second kappa shape index (κ2) is 6.44. The number of nitrogens with zero attached hydrogens (tertiary/aromatic N) is 2. The van der Waals surface area contributed by atoms with Gasteiger partial charge in [0.1, 0.15) is 5.60 Å². The first-order chi connectivity index (χ1) is 10.7. The van der Waals surface area contributed by atoms with E-state index in [-0.39, 0.29) is 13.1 Å². The first kappa shape index (κ1) is 17.1. The van der Waals surface area contributed by atoms with Gasteiger partial charge in [0.05, 0.1) is 18.7 Å². The van der Waals surface area contributed by atoms with Gasteiger partial charge in [-0.15, -0.1) is 0 Å². The number of hydrogen-bond acceptors (Lipinski definition) is 5. The van der Waals surface area contributed by atoms with E-state index in [1.807, 2.05) is 0 Å². The number of aliphatic carboxylic acids is 1. The van der Waals surface area contributed by atoms with Crippen LogP contribution in [-0.4, -0.2) is 52.9 Å². The summed E-state index contributed by atoms with van der Waals surface area (Å²) in [5, 5.41) is 9.47. The fraction of sp³-hybridized carbons (Fsp3) is 0.562. The Hall–Kier alpha value is -2.31. The second-order valence-electron chi connectivity index (χ2n) is 6.54. The van der Waals surface area contributed by atoms with E-state index in [2.05, 4.69) is 4.98 Å². The second-order valence-corrected chi connectivity index (χ2v) is 6.54. The molecule has 1 N–H and O–H groups in total. The number of aromatic nitrogens is 1. The van der Waals surface area contributed by atoms with Crippen LogP contribution in [0.5, 0.6) is 5.88 Å². The number of amides is 1. The van der Waals surface area contributed by atoms with E-state index in [0.717, 1.165) is 0 Å². The minimum Gasteiger partial charge on any atom is -0.481 e. The van der Waals surface area contributed by atoms with Crippen molar-refractivity contribution in [2.24, 2.45) is 5.92 Å². The SMILES string of the molecule is COc1cccc(C2CN(C(=O)OC(C)(C)C)CC2C(=O)O)n1. The van der Waals surface area contributed by atoms with Gasteiger partial charge in [0, 0.05) is 25.1 Å². The molecule has 1 aliphatic rings. The molecule has 1 aliphatic heterocycles. The Morgan fingerprint density at radius 1 is 1.30 bits per heavy atom. The molecule has 2 unspecified atom stereocenters. The van der Waals surface area contributed by atoms with Crippen LogP contribution in [-0.2, 0) is 9.53 Å². The van der Waals surface area contributed by atoms with Crippen molar-refractivity contribution >= 4 is 12.1 Å². The highest BCUT2D eigenvalue weighted by Crippen LogP contribution is 2.33. The first-order valence-electron chi connectivity index (χ1n) is 7.43. The van der Waals surface area contributed by atoms with Crippen LogP contribution in [0.4, 0.5) is 4.79 Å². The molecule has 1 fully saturated rings. The molecule has 0 aliphatic carbocycles. The van der Waals surface area contributed by atoms with Crippen LogP contribution in [0.1, 0.15) is 32.4 Å². The average Bonchev–Trinajstić information content (AvgIpc) is 2.91. The summed E-state index contributed by atoms with van der Waals surface area (Å²) in [6.45, 7) is 5.68. The van der Waals surface area contributed by atoms with Crippen LogP contribution >= 0.6 is 0 Å². The third-order valence-corrected chi connectivity index (χ3v) is 3.62. The molecule has 1 saturated heterocycles. The van der Waals surface area contributed by atoms with Crippen molar-refractivity contribution < 1.29 is 24.2 Å². The molecule has 2 rings (SSSR count). The summed E-state index contributed by atoms with van der Waals surface area (Å²) in [6.07, 6.45) is -0.505. The molecule has 0 spiro atoms. The van der Waals surface area contributed by atoms with Gasteiger partial charge in [-0.1, -0.05) is 6.07 Å². The molecule has 23 heavy (non-hydrogen) atoms. The summed E-state index contributed by atoms with van der Waals surface area (Å²) in [5.74, 6) is -1.65. The Morgan fingerprint density at radius 2 is 2.00 bits per heavy atom. The van der Waals surface area contributed by atoms with Crippen molar-refractivity contribution in [2.45, 2.75) is 32.3 Å². The molecule has 7 nitrogen and oxygen atoms in total. The van der Waals surface area contributed by atoms with Gasteiger partial charge >= 0.3 is 12.1 Å². The summed E-state index contributed by atoms with van der Waals surface area (Å²) < 4.78 is 10.4. The maximum absolute atomic E-state index is 12.2. The first-order valence-corrected chi connectivity index (χ1v) is 7.43. The predicted molar refractivity (Wildman–Crippen MR) is 82.5 cm³/mol. The lowest BCUT2D eigenvalue weighted by atomic mass is 9.92. The Balaban J connectivity index is 2.21. The molecule has 0 aromatic carbocycles. The normalized spacial score (nSPS) is 21.1. The molecular formula is C16H22N2O5. The van der Waals surface area contributed by atoms with E-state index in [1.165, 1.54) is 12.0 Å². The Labute approximate surface area is 135 Å². The van der Waals surface area contributed by atoms with Gasteiger partial charge in [0.2, 0.25) is 5.88 Å². The number of methoxy groups -OCH3 is 1. The van der Waals surface area contributed by atoms with Crippen molar-refractivity contribution in [1.29, 1.82) is 0 Å². The molecule has 2 atom stereocenters. The molecular weight excluding hydrogens is 300 g/mol. The Morgan fingerprint density at radius 3 is 2.57 bits per heavy atom. The van der Waals surface area contributed by atoms with Crippen LogP contribution in [0, 0.1) is 5.92 Å². The van der Waals surface area contributed by atoms with E-state index >= 15 is 0 Å². The standard InChI is InChI=1S/C16H22N2O5/c1-16(2,3)23-15(21)18-8-10(11(9-18)14(19)20)12-6-5-7-13(17-12)22-4/h5-7,10-11H,8-9H2,1-4H3,(H,19,20). The topological polar surface area (TPSA) is 89.0 Å². The van der Waals surface area contributed by atoms with Gasteiger partial charge in [-0.05, 0) is 26.8 Å². The number of carbonyl (C=O) groups excluding carboxylic acids is 1. The fourth-order valence-corrected chi connectivity index (χ4v) is 2.58. The quantitative estimate of drug-likeness (QED) is 0.917. The number of carboxylic acid groups (broad SMARTS) is 1. The summed E-state index contributed by atoms with van der Waals surface area (Å²) in [7, 11) is 1.50. The molecule has 0 radical (unpaired) electrons. The highest BCUT2D eigenvalue weighted by molar-refractivity contribution is 5.75. The summed E-state index contributed by atoms with van der Waals surface area (Å²) >= 11 is 0. The number of carboxylic acids is 1. The molecule has 7 heteroatoms. The summed E-state index contributed by atoms with van der Waals surface area (Å²) in [6, 6.07) is 5.21. The smallest absolute Gasteiger partial charge is 0.410 e. The Kier molecular flexibility index (Phi) is 4.77. The minimum absolute atomic E-state index is 0.105. The number of ether oxygens (including phenoxy) is 2. The van der Waals surface area contributed by atoms with E-state index in [1.54, 1.807) is 39.0 Å². The Bertz CT molecular complexity index is 596. The molecule has 2 heterocycles. The zero-order valence-corrected chi connectivity index (χ0v) is 13.8. The number of likely N-dealkylation sites (tertiary alicyclic amines) is 1. The number of carbonyl (C=O) groups is 2. The van der Waals surface area contributed by atoms with Crippen molar-refractivity contribution in [2.75, 3.05) is 20.2 Å².